The second kappa shape index (κ2) is 8.09. The summed E-state index contributed by atoms with van der Waals surface area (Å²) in [5.74, 6) is 1.92. The van der Waals surface area contributed by atoms with Crippen molar-refractivity contribution < 1.29 is 0 Å². The van der Waals surface area contributed by atoms with Crippen LogP contribution in [0.5, 0.6) is 0 Å². The lowest BCUT2D eigenvalue weighted by molar-refractivity contribution is 0.374. The van der Waals surface area contributed by atoms with E-state index in [1.165, 1.54) is 70.8 Å². The third kappa shape index (κ3) is 4.34. The maximum atomic E-state index is 3.89. The maximum Gasteiger partial charge on any atom is 0.0307 e. The molecule has 0 aromatic heterocycles. The first-order chi connectivity index (χ1) is 9.35. The van der Waals surface area contributed by atoms with Crippen molar-refractivity contribution in [2.24, 2.45) is 11.8 Å². The number of allylic oxidation sites excluding steroid dienone is 1. The number of hydrogen-bond donors (Lipinski definition) is 1. The lowest BCUT2D eigenvalue weighted by Crippen LogP contribution is -2.37. The van der Waals surface area contributed by atoms with Crippen LogP contribution in [-0.2, 0) is 0 Å². The van der Waals surface area contributed by atoms with E-state index in [2.05, 4.69) is 25.2 Å². The highest BCUT2D eigenvalue weighted by Gasteiger charge is 2.31. The quantitative estimate of drug-likeness (QED) is 0.660. The molecule has 1 heteroatoms. The van der Waals surface area contributed by atoms with E-state index in [9.17, 15) is 0 Å². The van der Waals surface area contributed by atoms with Gasteiger partial charge in [0.25, 0.3) is 0 Å². The second-order valence-corrected chi connectivity index (χ2v) is 6.66. The first kappa shape index (κ1) is 15.1. The summed E-state index contributed by atoms with van der Waals surface area (Å²) >= 11 is 0. The largest absolute Gasteiger partial charge is 0.310 e. The predicted octanol–water partition coefficient (Wildman–Crippen LogP) is 5.07. The van der Waals surface area contributed by atoms with E-state index in [0.29, 0.717) is 6.04 Å². The molecule has 0 bridgehead atoms. The van der Waals surface area contributed by atoms with E-state index in [1.807, 2.05) is 0 Å². The topological polar surface area (TPSA) is 12.0 Å². The third-order valence-electron chi connectivity index (χ3n) is 5.22. The molecule has 0 heterocycles. The molecule has 2 aliphatic rings. The minimum Gasteiger partial charge on any atom is -0.310 e. The fraction of sp³-hybridized carbons (Fsp3) is 0.889. The van der Waals surface area contributed by atoms with E-state index in [0.717, 1.165) is 11.8 Å². The minimum atomic E-state index is 0.703. The van der Waals surface area contributed by atoms with Crippen molar-refractivity contribution in [1.29, 1.82) is 0 Å². The summed E-state index contributed by atoms with van der Waals surface area (Å²) in [5, 5.41) is 3.89. The molecular formula is C18H33N. The van der Waals surface area contributed by atoms with Crippen LogP contribution in [0.1, 0.15) is 78.1 Å². The van der Waals surface area contributed by atoms with Crippen LogP contribution in [0.15, 0.2) is 11.6 Å². The Bertz CT molecular complexity index is 281. The Labute approximate surface area is 120 Å². The van der Waals surface area contributed by atoms with E-state index < -0.39 is 0 Å². The first-order valence-corrected chi connectivity index (χ1v) is 8.77. The van der Waals surface area contributed by atoms with Crippen LogP contribution in [0.4, 0.5) is 0 Å². The molecule has 0 aromatic carbocycles. The van der Waals surface area contributed by atoms with E-state index in [-0.39, 0.29) is 0 Å². The molecule has 19 heavy (non-hydrogen) atoms. The van der Waals surface area contributed by atoms with Crippen molar-refractivity contribution in [3.63, 3.8) is 0 Å². The Morgan fingerprint density at radius 1 is 1.21 bits per heavy atom. The zero-order chi connectivity index (χ0) is 13.5. The Balaban J connectivity index is 2.00. The molecule has 1 fully saturated rings. The molecule has 0 aliphatic heterocycles. The Morgan fingerprint density at radius 2 is 2.11 bits per heavy atom. The van der Waals surface area contributed by atoms with Crippen molar-refractivity contribution in [3.8, 4) is 0 Å². The molecule has 0 amide bonds. The van der Waals surface area contributed by atoms with Gasteiger partial charge in [0.1, 0.15) is 0 Å². The van der Waals surface area contributed by atoms with Crippen molar-refractivity contribution >= 4 is 0 Å². The summed E-state index contributed by atoms with van der Waals surface area (Å²) < 4.78 is 0. The van der Waals surface area contributed by atoms with Gasteiger partial charge in [0.05, 0.1) is 0 Å². The lowest BCUT2D eigenvalue weighted by Gasteiger charge is -2.28. The van der Waals surface area contributed by atoms with Crippen LogP contribution >= 0.6 is 0 Å². The van der Waals surface area contributed by atoms with Gasteiger partial charge in [0, 0.05) is 6.04 Å². The van der Waals surface area contributed by atoms with Gasteiger partial charge in [-0.2, -0.15) is 0 Å². The zero-order valence-electron chi connectivity index (χ0n) is 13.1. The van der Waals surface area contributed by atoms with Gasteiger partial charge in [0.15, 0.2) is 0 Å². The molecular weight excluding hydrogens is 230 g/mol. The lowest BCUT2D eigenvalue weighted by atomic mass is 9.88. The number of rotatable bonds is 6. The van der Waals surface area contributed by atoms with E-state index in [1.54, 1.807) is 5.57 Å². The van der Waals surface area contributed by atoms with Gasteiger partial charge in [-0.3, -0.25) is 0 Å². The van der Waals surface area contributed by atoms with E-state index in [4.69, 9.17) is 0 Å². The Kier molecular flexibility index (Phi) is 6.43. The fourth-order valence-electron chi connectivity index (χ4n) is 4.01. The van der Waals surface area contributed by atoms with Gasteiger partial charge in [-0.05, 0) is 63.3 Å². The molecule has 1 N–H and O–H groups in total. The highest BCUT2D eigenvalue weighted by molar-refractivity contribution is 5.14. The summed E-state index contributed by atoms with van der Waals surface area (Å²) in [4.78, 5) is 0. The highest BCUT2D eigenvalue weighted by Crippen LogP contribution is 2.38. The zero-order valence-corrected chi connectivity index (χ0v) is 13.1. The molecule has 0 spiro atoms. The third-order valence-corrected chi connectivity index (χ3v) is 5.22. The maximum absolute atomic E-state index is 3.89. The molecule has 1 saturated carbocycles. The predicted molar refractivity (Wildman–Crippen MR) is 84.4 cm³/mol. The standard InChI is InChI=1S/C18H33N/c1-3-13-19-18(16-9-7-5-6-8-10-16)17-12-11-15(4-2)14-17/h9,15,17-19H,3-8,10-14H2,1-2H3. The molecule has 110 valence electrons. The molecule has 2 rings (SSSR count). The van der Waals surface area contributed by atoms with Crippen molar-refractivity contribution in [2.45, 2.75) is 84.1 Å². The average Bonchev–Trinajstić information content (AvgIpc) is 2.74. The molecule has 1 nitrogen and oxygen atoms in total. The fourth-order valence-corrected chi connectivity index (χ4v) is 4.01. The monoisotopic (exact) mass is 263 g/mol. The second-order valence-electron chi connectivity index (χ2n) is 6.66. The molecule has 0 saturated heterocycles. The number of nitrogens with one attached hydrogen (secondary N) is 1. The highest BCUT2D eigenvalue weighted by atomic mass is 14.9. The molecule has 2 aliphatic carbocycles. The van der Waals surface area contributed by atoms with Crippen LogP contribution < -0.4 is 5.32 Å². The molecule has 3 unspecified atom stereocenters. The van der Waals surface area contributed by atoms with Crippen LogP contribution in [-0.4, -0.2) is 12.6 Å². The van der Waals surface area contributed by atoms with Crippen molar-refractivity contribution in [3.05, 3.63) is 11.6 Å². The van der Waals surface area contributed by atoms with Crippen LogP contribution in [0.3, 0.4) is 0 Å². The van der Waals surface area contributed by atoms with Crippen molar-refractivity contribution in [2.75, 3.05) is 6.54 Å². The van der Waals surface area contributed by atoms with Crippen LogP contribution in [0, 0.1) is 11.8 Å². The smallest absolute Gasteiger partial charge is 0.0307 e. The van der Waals surface area contributed by atoms with Gasteiger partial charge >= 0.3 is 0 Å². The van der Waals surface area contributed by atoms with Crippen LogP contribution in [0.25, 0.3) is 0 Å². The van der Waals surface area contributed by atoms with Gasteiger partial charge in [-0.1, -0.05) is 44.8 Å². The summed E-state index contributed by atoms with van der Waals surface area (Å²) in [6.07, 6.45) is 16.6. The normalized spacial score (nSPS) is 29.9. The summed E-state index contributed by atoms with van der Waals surface area (Å²) in [5.41, 5.74) is 1.76. The molecule has 3 atom stereocenters. The molecule has 0 aromatic rings. The summed E-state index contributed by atoms with van der Waals surface area (Å²) in [6.45, 7) is 5.84. The minimum absolute atomic E-state index is 0.703. The van der Waals surface area contributed by atoms with Gasteiger partial charge in [-0.15, -0.1) is 0 Å². The molecule has 0 radical (unpaired) electrons. The Morgan fingerprint density at radius 3 is 2.84 bits per heavy atom. The SMILES string of the molecule is CCCNC(C1=CCCCCC1)C1CCC(CC)C1. The van der Waals surface area contributed by atoms with Crippen LogP contribution in [0.2, 0.25) is 0 Å². The van der Waals surface area contributed by atoms with E-state index >= 15 is 0 Å². The van der Waals surface area contributed by atoms with Gasteiger partial charge in [0.2, 0.25) is 0 Å². The van der Waals surface area contributed by atoms with Gasteiger partial charge in [-0.25, -0.2) is 0 Å². The Hall–Kier alpha value is -0.300. The van der Waals surface area contributed by atoms with Gasteiger partial charge < -0.3 is 5.32 Å². The van der Waals surface area contributed by atoms with Crippen molar-refractivity contribution in [1.82, 2.24) is 5.32 Å². The first-order valence-electron chi connectivity index (χ1n) is 8.77. The average molecular weight is 263 g/mol. The number of hydrogen-bond acceptors (Lipinski definition) is 1. The summed E-state index contributed by atoms with van der Waals surface area (Å²) in [6, 6.07) is 0.703. The summed E-state index contributed by atoms with van der Waals surface area (Å²) in [7, 11) is 0.